The van der Waals surface area contributed by atoms with Crippen molar-refractivity contribution in [1.82, 2.24) is 4.98 Å². The van der Waals surface area contributed by atoms with Crippen molar-refractivity contribution in [2.75, 3.05) is 19.0 Å². The maximum absolute atomic E-state index is 12.4. The van der Waals surface area contributed by atoms with Crippen LogP contribution in [0.4, 0.5) is 0 Å². The molecule has 28 heavy (non-hydrogen) atoms. The van der Waals surface area contributed by atoms with Gasteiger partial charge in [-0.05, 0) is 63.4 Å². The van der Waals surface area contributed by atoms with E-state index in [2.05, 4.69) is 4.98 Å². The van der Waals surface area contributed by atoms with Gasteiger partial charge in [-0.3, -0.25) is 9.59 Å². The lowest BCUT2D eigenvalue weighted by atomic mass is 10.1. The molecule has 0 radical (unpaired) electrons. The van der Waals surface area contributed by atoms with E-state index < -0.39 is 11.9 Å². The zero-order chi connectivity index (χ0) is 20.8. The standard InChI is InChI=1S/C21H25NO5S/c1-6-26-21(25)19-14(4)20(22-15(19)5)17(23)10-27-18(24)11-28-16-8-7-12(2)13(3)9-16/h7-9,22H,6,10-11H2,1-5H3. The molecule has 0 saturated carbocycles. The summed E-state index contributed by atoms with van der Waals surface area (Å²) < 4.78 is 10.1. The quantitative estimate of drug-likeness (QED) is 0.408. The van der Waals surface area contributed by atoms with Crippen molar-refractivity contribution < 1.29 is 23.9 Å². The summed E-state index contributed by atoms with van der Waals surface area (Å²) >= 11 is 1.36. The SMILES string of the molecule is CCOC(=O)c1c(C)[nH]c(C(=O)COC(=O)CSc2ccc(C)c(C)c2)c1C. The Kier molecular flexibility index (Phi) is 7.45. The van der Waals surface area contributed by atoms with Gasteiger partial charge in [0.1, 0.15) is 0 Å². The van der Waals surface area contributed by atoms with E-state index in [-0.39, 0.29) is 30.4 Å². The first-order chi connectivity index (χ1) is 13.2. The van der Waals surface area contributed by atoms with Gasteiger partial charge in [0, 0.05) is 10.6 Å². The van der Waals surface area contributed by atoms with Crippen molar-refractivity contribution in [2.24, 2.45) is 0 Å². The molecule has 0 aliphatic heterocycles. The number of rotatable bonds is 8. The third kappa shape index (κ3) is 5.25. The van der Waals surface area contributed by atoms with Crippen molar-refractivity contribution in [1.29, 1.82) is 0 Å². The van der Waals surface area contributed by atoms with E-state index in [1.807, 2.05) is 32.0 Å². The fourth-order valence-electron chi connectivity index (χ4n) is 2.74. The summed E-state index contributed by atoms with van der Waals surface area (Å²) in [6, 6.07) is 5.97. The normalized spacial score (nSPS) is 10.6. The molecule has 2 aromatic rings. The number of carbonyl (C=O) groups is 3. The molecule has 2 rings (SSSR count). The topological polar surface area (TPSA) is 85.5 Å². The number of Topliss-reactive ketones (excluding diaryl/α,β-unsaturated/α-hetero) is 1. The number of ketones is 1. The summed E-state index contributed by atoms with van der Waals surface area (Å²) in [7, 11) is 0. The van der Waals surface area contributed by atoms with Crippen LogP contribution in [0.15, 0.2) is 23.1 Å². The van der Waals surface area contributed by atoms with Gasteiger partial charge < -0.3 is 14.5 Å². The number of carbonyl (C=O) groups excluding carboxylic acids is 3. The van der Waals surface area contributed by atoms with Crippen LogP contribution in [0, 0.1) is 27.7 Å². The summed E-state index contributed by atoms with van der Waals surface area (Å²) in [6.07, 6.45) is 0. The fourth-order valence-corrected chi connectivity index (χ4v) is 3.54. The highest BCUT2D eigenvalue weighted by Gasteiger charge is 2.23. The number of ether oxygens (including phenoxy) is 2. The Morgan fingerprint density at radius 3 is 2.39 bits per heavy atom. The molecule has 0 aliphatic carbocycles. The molecule has 0 unspecified atom stereocenters. The predicted octanol–water partition coefficient (Wildman–Crippen LogP) is 3.94. The molecule has 1 heterocycles. The number of aromatic amines is 1. The molecule has 0 bridgehead atoms. The Hall–Kier alpha value is -2.54. The number of H-pyrrole nitrogens is 1. The number of aromatic nitrogens is 1. The van der Waals surface area contributed by atoms with Crippen LogP contribution in [0.1, 0.15) is 50.2 Å². The van der Waals surface area contributed by atoms with E-state index >= 15 is 0 Å². The van der Waals surface area contributed by atoms with Crippen molar-refractivity contribution >= 4 is 29.5 Å². The van der Waals surface area contributed by atoms with E-state index in [1.165, 1.54) is 17.3 Å². The van der Waals surface area contributed by atoms with Crippen molar-refractivity contribution in [3.05, 3.63) is 51.8 Å². The number of nitrogens with one attached hydrogen (secondary N) is 1. The van der Waals surface area contributed by atoms with E-state index in [9.17, 15) is 14.4 Å². The maximum Gasteiger partial charge on any atom is 0.340 e. The van der Waals surface area contributed by atoms with Crippen LogP contribution in [-0.2, 0) is 14.3 Å². The molecular weight excluding hydrogens is 378 g/mol. The van der Waals surface area contributed by atoms with Gasteiger partial charge in [-0.25, -0.2) is 4.79 Å². The van der Waals surface area contributed by atoms with Gasteiger partial charge in [0.25, 0.3) is 0 Å². The smallest absolute Gasteiger partial charge is 0.340 e. The highest BCUT2D eigenvalue weighted by atomic mass is 32.2. The zero-order valence-corrected chi connectivity index (χ0v) is 17.6. The number of thioether (sulfide) groups is 1. The monoisotopic (exact) mass is 403 g/mol. The van der Waals surface area contributed by atoms with E-state index in [0.717, 1.165) is 10.5 Å². The van der Waals surface area contributed by atoms with Crippen molar-refractivity contribution in [3.63, 3.8) is 0 Å². The molecule has 0 fully saturated rings. The lowest BCUT2D eigenvalue weighted by molar-refractivity contribution is -0.139. The van der Waals surface area contributed by atoms with Gasteiger partial charge in [0.2, 0.25) is 5.78 Å². The van der Waals surface area contributed by atoms with Gasteiger partial charge >= 0.3 is 11.9 Å². The molecule has 0 saturated heterocycles. The Morgan fingerprint density at radius 2 is 1.75 bits per heavy atom. The number of esters is 2. The van der Waals surface area contributed by atoms with Gasteiger partial charge in [-0.1, -0.05) is 6.07 Å². The van der Waals surface area contributed by atoms with Gasteiger partial charge in [0.05, 0.1) is 23.6 Å². The zero-order valence-electron chi connectivity index (χ0n) is 16.8. The van der Waals surface area contributed by atoms with E-state index in [1.54, 1.807) is 20.8 Å². The Balaban J connectivity index is 1.92. The van der Waals surface area contributed by atoms with Crippen LogP contribution in [0.25, 0.3) is 0 Å². The van der Waals surface area contributed by atoms with E-state index in [0.29, 0.717) is 16.8 Å². The fraction of sp³-hybridized carbons (Fsp3) is 0.381. The molecule has 150 valence electrons. The summed E-state index contributed by atoms with van der Waals surface area (Å²) in [4.78, 5) is 40.3. The molecule has 1 aromatic carbocycles. The van der Waals surface area contributed by atoms with E-state index in [4.69, 9.17) is 9.47 Å². The molecule has 0 aliphatic rings. The molecule has 1 aromatic heterocycles. The number of benzene rings is 1. The average molecular weight is 404 g/mol. The van der Waals surface area contributed by atoms with Crippen molar-refractivity contribution in [2.45, 2.75) is 39.5 Å². The first kappa shape index (κ1) is 21.8. The molecule has 7 heteroatoms. The Bertz CT molecular complexity index is 900. The minimum atomic E-state index is -0.477. The number of hydrogen-bond donors (Lipinski definition) is 1. The van der Waals surface area contributed by atoms with Crippen LogP contribution in [0.3, 0.4) is 0 Å². The lowest BCUT2D eigenvalue weighted by Gasteiger charge is -2.06. The summed E-state index contributed by atoms with van der Waals surface area (Å²) in [6.45, 7) is 9.00. The highest BCUT2D eigenvalue weighted by Crippen LogP contribution is 2.22. The third-order valence-corrected chi connectivity index (χ3v) is 5.36. The Labute approximate surface area is 169 Å². The summed E-state index contributed by atoms with van der Waals surface area (Å²) in [5, 5.41) is 0. The van der Waals surface area contributed by atoms with Gasteiger partial charge in [-0.2, -0.15) is 0 Å². The van der Waals surface area contributed by atoms with Gasteiger partial charge in [-0.15, -0.1) is 11.8 Å². The minimum Gasteiger partial charge on any atom is -0.462 e. The van der Waals surface area contributed by atoms with Crippen LogP contribution in [0.5, 0.6) is 0 Å². The lowest BCUT2D eigenvalue weighted by Crippen LogP contribution is -2.16. The second-order valence-electron chi connectivity index (χ2n) is 6.46. The maximum atomic E-state index is 12.4. The van der Waals surface area contributed by atoms with Crippen LogP contribution < -0.4 is 0 Å². The Morgan fingerprint density at radius 1 is 1.04 bits per heavy atom. The highest BCUT2D eigenvalue weighted by molar-refractivity contribution is 8.00. The second kappa shape index (κ2) is 9.59. The first-order valence-electron chi connectivity index (χ1n) is 8.99. The first-order valence-corrected chi connectivity index (χ1v) is 9.98. The number of aryl methyl sites for hydroxylation is 3. The molecule has 1 N–H and O–H groups in total. The molecule has 0 spiro atoms. The van der Waals surface area contributed by atoms with Gasteiger partial charge in [0.15, 0.2) is 6.61 Å². The summed E-state index contributed by atoms with van der Waals surface area (Å²) in [5.74, 6) is -1.22. The van der Waals surface area contributed by atoms with Crippen LogP contribution in [-0.4, -0.2) is 41.7 Å². The molecule has 0 amide bonds. The molecule has 0 atom stereocenters. The van der Waals surface area contributed by atoms with Crippen LogP contribution in [0.2, 0.25) is 0 Å². The van der Waals surface area contributed by atoms with Crippen LogP contribution >= 0.6 is 11.8 Å². The summed E-state index contributed by atoms with van der Waals surface area (Å²) in [5.41, 5.74) is 4.01. The minimum absolute atomic E-state index is 0.118. The third-order valence-electron chi connectivity index (χ3n) is 4.40. The number of hydrogen-bond acceptors (Lipinski definition) is 6. The molecule has 6 nitrogen and oxygen atoms in total. The largest absolute Gasteiger partial charge is 0.462 e. The molecular formula is C21H25NO5S. The average Bonchev–Trinajstić information content (AvgIpc) is 2.95. The second-order valence-corrected chi connectivity index (χ2v) is 7.51. The van der Waals surface area contributed by atoms with Crippen molar-refractivity contribution in [3.8, 4) is 0 Å². The predicted molar refractivity (Wildman–Crippen MR) is 108 cm³/mol.